The summed E-state index contributed by atoms with van der Waals surface area (Å²) in [6, 6.07) is 8.24. The number of aliphatic carboxylic acids is 2. The molecular weight excluding hydrogens is 357 g/mol. The normalized spacial score (nSPS) is 14.3. The van der Waals surface area contributed by atoms with Crippen LogP contribution in [0, 0.1) is 11.8 Å². The monoisotopic (exact) mass is 376 g/mol. The zero-order chi connectivity index (χ0) is 20.1. The summed E-state index contributed by atoms with van der Waals surface area (Å²) in [6.45, 7) is 2.21. The fourth-order valence-corrected chi connectivity index (χ4v) is 2.55. The third-order valence-corrected chi connectivity index (χ3v) is 3.73. The summed E-state index contributed by atoms with van der Waals surface area (Å²) >= 11 is 0. The number of ether oxygens (including phenoxy) is 1. The third kappa shape index (κ3) is 6.38. The van der Waals surface area contributed by atoms with E-state index < -0.39 is 47.9 Å². The highest BCUT2D eigenvalue weighted by atomic mass is 19.4. The van der Waals surface area contributed by atoms with Gasteiger partial charge >= 0.3 is 24.1 Å². The molecule has 1 aromatic rings. The topological polar surface area (TPSA) is 101 Å². The number of hydrogen-bond donors (Lipinski definition) is 2. The van der Waals surface area contributed by atoms with E-state index in [4.69, 9.17) is 0 Å². The van der Waals surface area contributed by atoms with Gasteiger partial charge < -0.3 is 14.9 Å². The predicted molar refractivity (Wildman–Crippen MR) is 83.2 cm³/mol. The van der Waals surface area contributed by atoms with Crippen LogP contribution >= 0.6 is 0 Å². The Morgan fingerprint density at radius 1 is 1.00 bits per heavy atom. The zero-order valence-corrected chi connectivity index (χ0v) is 14.1. The second-order valence-electron chi connectivity index (χ2n) is 6.43. The van der Waals surface area contributed by atoms with Crippen LogP contribution in [0.25, 0.3) is 0 Å². The van der Waals surface area contributed by atoms with Crippen molar-refractivity contribution in [3.05, 3.63) is 35.9 Å². The molecule has 0 spiro atoms. The lowest BCUT2D eigenvalue weighted by Crippen LogP contribution is -2.41. The first-order chi connectivity index (χ1) is 11.8. The van der Waals surface area contributed by atoms with E-state index in [1.807, 2.05) is 0 Å². The SMILES string of the molecule is CC(C)(C[C@H](C(=O)O)[C@H](Cc1ccccc1)C(=O)O)OC(=O)C(F)(F)F. The van der Waals surface area contributed by atoms with Gasteiger partial charge in [-0.25, -0.2) is 4.79 Å². The fourth-order valence-electron chi connectivity index (χ4n) is 2.55. The van der Waals surface area contributed by atoms with Crippen LogP contribution in [-0.4, -0.2) is 39.9 Å². The number of carboxylic acids is 2. The van der Waals surface area contributed by atoms with E-state index in [9.17, 15) is 37.8 Å². The van der Waals surface area contributed by atoms with Gasteiger partial charge in [0.15, 0.2) is 0 Å². The Balaban J connectivity index is 3.02. The summed E-state index contributed by atoms with van der Waals surface area (Å²) in [7, 11) is 0. The molecular formula is C17H19F3O6. The molecule has 2 atom stereocenters. The first-order valence-electron chi connectivity index (χ1n) is 7.63. The van der Waals surface area contributed by atoms with Gasteiger partial charge in [0.25, 0.3) is 0 Å². The molecule has 0 aromatic heterocycles. The van der Waals surface area contributed by atoms with Gasteiger partial charge in [-0.15, -0.1) is 0 Å². The molecule has 0 heterocycles. The Hall–Kier alpha value is -2.58. The van der Waals surface area contributed by atoms with Crippen LogP contribution in [0.15, 0.2) is 30.3 Å². The number of halogens is 3. The largest absolute Gasteiger partial charge is 0.490 e. The van der Waals surface area contributed by atoms with Crippen molar-refractivity contribution in [1.29, 1.82) is 0 Å². The fraction of sp³-hybridized carbons (Fsp3) is 0.471. The number of carbonyl (C=O) groups is 3. The summed E-state index contributed by atoms with van der Waals surface area (Å²) in [4.78, 5) is 34.2. The molecule has 0 unspecified atom stereocenters. The first-order valence-corrected chi connectivity index (χ1v) is 7.63. The quantitative estimate of drug-likeness (QED) is 0.677. The molecule has 0 fully saturated rings. The minimum Gasteiger partial charge on any atom is -0.481 e. The Bertz CT molecular complexity index is 654. The van der Waals surface area contributed by atoms with Crippen molar-refractivity contribution in [3.8, 4) is 0 Å². The van der Waals surface area contributed by atoms with E-state index in [1.165, 1.54) is 0 Å². The number of esters is 1. The van der Waals surface area contributed by atoms with Crippen molar-refractivity contribution in [2.45, 2.75) is 38.5 Å². The first kappa shape index (κ1) is 21.5. The maximum Gasteiger partial charge on any atom is 0.490 e. The van der Waals surface area contributed by atoms with E-state index in [2.05, 4.69) is 4.74 Å². The van der Waals surface area contributed by atoms with Crippen LogP contribution in [0.2, 0.25) is 0 Å². The maximum absolute atomic E-state index is 12.4. The summed E-state index contributed by atoms with van der Waals surface area (Å²) in [5, 5.41) is 18.8. The molecule has 0 aliphatic heterocycles. The summed E-state index contributed by atoms with van der Waals surface area (Å²) < 4.78 is 41.4. The molecule has 1 aromatic carbocycles. The van der Waals surface area contributed by atoms with Crippen LogP contribution < -0.4 is 0 Å². The Labute approximate surface area is 147 Å². The average molecular weight is 376 g/mol. The van der Waals surface area contributed by atoms with Crippen molar-refractivity contribution >= 4 is 17.9 Å². The maximum atomic E-state index is 12.4. The van der Waals surface area contributed by atoms with Gasteiger partial charge in [0.1, 0.15) is 5.60 Å². The molecule has 0 saturated carbocycles. The standard InChI is InChI=1S/C17H19F3O6/c1-16(2,26-15(25)17(18,19)20)9-12(14(23)24)11(13(21)22)8-10-6-4-3-5-7-10/h3-7,11-12H,8-9H2,1-2H3,(H,21,22)(H,23,24)/t11-,12-/m0/s1. The third-order valence-electron chi connectivity index (χ3n) is 3.73. The smallest absolute Gasteiger partial charge is 0.481 e. The van der Waals surface area contributed by atoms with Crippen molar-refractivity contribution in [2.24, 2.45) is 11.8 Å². The Morgan fingerprint density at radius 3 is 1.92 bits per heavy atom. The number of rotatable bonds is 8. The summed E-state index contributed by atoms with van der Waals surface area (Å²) in [5.74, 6) is -8.31. The van der Waals surface area contributed by atoms with Crippen molar-refractivity contribution in [3.63, 3.8) is 0 Å². The van der Waals surface area contributed by atoms with Gasteiger partial charge in [-0.05, 0) is 25.8 Å². The minimum absolute atomic E-state index is 0.129. The van der Waals surface area contributed by atoms with Crippen molar-refractivity contribution in [1.82, 2.24) is 0 Å². The highest BCUT2D eigenvalue weighted by Crippen LogP contribution is 2.31. The number of carboxylic acid groups (broad SMARTS) is 2. The minimum atomic E-state index is -5.23. The van der Waals surface area contributed by atoms with Crippen molar-refractivity contribution < 1.29 is 42.5 Å². The Morgan fingerprint density at radius 2 is 1.50 bits per heavy atom. The van der Waals surface area contributed by atoms with E-state index in [-0.39, 0.29) is 6.42 Å². The molecule has 0 aliphatic carbocycles. The molecule has 6 nitrogen and oxygen atoms in total. The number of carbonyl (C=O) groups excluding carboxylic acids is 1. The van der Waals surface area contributed by atoms with Crippen LogP contribution in [0.4, 0.5) is 13.2 Å². The lowest BCUT2D eigenvalue weighted by molar-refractivity contribution is -0.213. The van der Waals surface area contributed by atoms with Crippen LogP contribution in [0.3, 0.4) is 0 Å². The lowest BCUT2D eigenvalue weighted by atomic mass is 9.80. The van der Waals surface area contributed by atoms with Crippen LogP contribution in [-0.2, 0) is 25.5 Å². The highest BCUT2D eigenvalue weighted by molar-refractivity contribution is 5.80. The molecule has 0 amide bonds. The van der Waals surface area contributed by atoms with Gasteiger partial charge in [0.2, 0.25) is 0 Å². The zero-order valence-electron chi connectivity index (χ0n) is 14.1. The summed E-state index contributed by atoms with van der Waals surface area (Å²) in [5.41, 5.74) is -1.25. The molecule has 1 rings (SSSR count). The molecule has 2 N–H and O–H groups in total. The number of alkyl halides is 3. The highest BCUT2D eigenvalue weighted by Gasteiger charge is 2.46. The Kier molecular flexibility index (Phi) is 6.77. The number of benzene rings is 1. The van der Waals surface area contributed by atoms with E-state index in [1.54, 1.807) is 30.3 Å². The van der Waals surface area contributed by atoms with E-state index in [0.717, 1.165) is 13.8 Å². The predicted octanol–water partition coefficient (Wildman–Crippen LogP) is 2.90. The summed E-state index contributed by atoms with van der Waals surface area (Å²) in [6.07, 6.45) is -5.95. The van der Waals surface area contributed by atoms with Gasteiger partial charge in [0.05, 0.1) is 11.8 Å². The van der Waals surface area contributed by atoms with Gasteiger partial charge in [0, 0.05) is 6.42 Å². The average Bonchev–Trinajstić information content (AvgIpc) is 2.50. The molecule has 0 radical (unpaired) electrons. The second-order valence-corrected chi connectivity index (χ2v) is 6.43. The van der Waals surface area contributed by atoms with Gasteiger partial charge in [-0.3, -0.25) is 9.59 Å². The van der Waals surface area contributed by atoms with Gasteiger partial charge in [-0.2, -0.15) is 13.2 Å². The van der Waals surface area contributed by atoms with E-state index in [0.29, 0.717) is 5.56 Å². The molecule has 0 bridgehead atoms. The second kappa shape index (κ2) is 8.20. The number of hydrogen-bond acceptors (Lipinski definition) is 4. The lowest BCUT2D eigenvalue weighted by Gasteiger charge is -2.30. The molecule has 9 heteroatoms. The van der Waals surface area contributed by atoms with Crippen molar-refractivity contribution in [2.75, 3.05) is 0 Å². The van der Waals surface area contributed by atoms with Crippen LogP contribution in [0.1, 0.15) is 25.8 Å². The molecule has 26 heavy (non-hydrogen) atoms. The van der Waals surface area contributed by atoms with Gasteiger partial charge in [-0.1, -0.05) is 30.3 Å². The van der Waals surface area contributed by atoms with E-state index >= 15 is 0 Å². The molecule has 0 aliphatic rings. The molecule has 144 valence electrons. The van der Waals surface area contributed by atoms with Crippen LogP contribution in [0.5, 0.6) is 0 Å². The molecule has 0 saturated heterocycles.